The van der Waals surface area contributed by atoms with Crippen LogP contribution in [0.25, 0.3) is 0 Å². The van der Waals surface area contributed by atoms with Crippen LogP contribution in [0.3, 0.4) is 0 Å². The Balaban J connectivity index is 3.27. The minimum atomic E-state index is 0.170. The van der Waals surface area contributed by atoms with Crippen LogP contribution in [0.1, 0.15) is 46.5 Å². The molecule has 0 aliphatic rings. The molecule has 0 bridgehead atoms. The molecule has 3 nitrogen and oxygen atoms in total. The van der Waals surface area contributed by atoms with Crippen molar-refractivity contribution in [2.24, 2.45) is 11.7 Å². The van der Waals surface area contributed by atoms with Crippen LogP contribution in [-0.2, 0) is 4.79 Å². The molecular weight excluding hydrogens is 176 g/mol. The van der Waals surface area contributed by atoms with Crippen molar-refractivity contribution in [3.8, 4) is 0 Å². The highest BCUT2D eigenvalue weighted by Gasteiger charge is 2.02. The van der Waals surface area contributed by atoms with Crippen molar-refractivity contribution < 1.29 is 4.79 Å². The third kappa shape index (κ3) is 9.52. The predicted octanol–water partition coefficient (Wildman–Crippen LogP) is 1.67. The number of hydrogen-bond donors (Lipinski definition) is 2. The van der Waals surface area contributed by atoms with Gasteiger partial charge in [0.1, 0.15) is 0 Å². The average molecular weight is 200 g/mol. The predicted molar refractivity (Wildman–Crippen MR) is 60.0 cm³/mol. The van der Waals surface area contributed by atoms with Crippen molar-refractivity contribution in [1.82, 2.24) is 5.32 Å². The van der Waals surface area contributed by atoms with Gasteiger partial charge in [0.25, 0.3) is 0 Å². The Hall–Kier alpha value is -0.570. The van der Waals surface area contributed by atoms with Crippen molar-refractivity contribution in [3.63, 3.8) is 0 Å². The van der Waals surface area contributed by atoms with Crippen molar-refractivity contribution in [2.75, 3.05) is 6.54 Å². The number of carbonyl (C=O) groups excluding carboxylic acids is 1. The first kappa shape index (κ1) is 13.4. The number of nitrogens with two attached hydrogens (primary N) is 1. The lowest BCUT2D eigenvalue weighted by atomic mass is 10.1. The van der Waals surface area contributed by atoms with Crippen molar-refractivity contribution in [2.45, 2.75) is 52.5 Å². The number of nitrogens with one attached hydrogen (secondary N) is 1. The zero-order valence-corrected chi connectivity index (χ0v) is 9.68. The maximum absolute atomic E-state index is 11.2. The van der Waals surface area contributed by atoms with Gasteiger partial charge in [0.2, 0.25) is 5.91 Å². The van der Waals surface area contributed by atoms with Gasteiger partial charge in [0, 0.05) is 19.0 Å². The molecule has 0 aromatic heterocycles. The van der Waals surface area contributed by atoms with Crippen LogP contribution in [0.4, 0.5) is 0 Å². The second kappa shape index (κ2) is 7.80. The van der Waals surface area contributed by atoms with Crippen molar-refractivity contribution in [1.29, 1.82) is 0 Å². The van der Waals surface area contributed by atoms with Crippen LogP contribution in [0, 0.1) is 5.92 Å². The Bertz CT molecular complexity index is 155. The van der Waals surface area contributed by atoms with Crippen LogP contribution < -0.4 is 11.1 Å². The number of amides is 1. The highest BCUT2D eigenvalue weighted by molar-refractivity contribution is 5.75. The van der Waals surface area contributed by atoms with Gasteiger partial charge in [-0.05, 0) is 32.1 Å². The van der Waals surface area contributed by atoms with Gasteiger partial charge in [-0.3, -0.25) is 4.79 Å². The molecule has 0 aliphatic heterocycles. The van der Waals surface area contributed by atoms with E-state index in [1.165, 1.54) is 0 Å². The van der Waals surface area contributed by atoms with Gasteiger partial charge < -0.3 is 11.1 Å². The summed E-state index contributed by atoms with van der Waals surface area (Å²) in [6.07, 6.45) is 3.57. The molecule has 3 heteroatoms. The fourth-order valence-electron chi connectivity index (χ4n) is 1.16. The second-order valence-corrected chi connectivity index (χ2v) is 4.40. The van der Waals surface area contributed by atoms with Gasteiger partial charge in [-0.2, -0.15) is 0 Å². The summed E-state index contributed by atoms with van der Waals surface area (Å²) in [6.45, 7) is 7.01. The lowest BCUT2D eigenvalue weighted by Gasteiger charge is -2.07. The van der Waals surface area contributed by atoms with Gasteiger partial charge in [-0.15, -0.1) is 0 Å². The Morgan fingerprint density at radius 1 is 1.29 bits per heavy atom. The Morgan fingerprint density at radius 3 is 2.43 bits per heavy atom. The first-order chi connectivity index (χ1) is 6.52. The van der Waals surface area contributed by atoms with E-state index in [0.29, 0.717) is 12.3 Å². The molecule has 1 atom stereocenters. The number of carbonyl (C=O) groups is 1. The van der Waals surface area contributed by atoms with E-state index in [1.54, 1.807) is 0 Å². The fraction of sp³-hybridized carbons (Fsp3) is 0.909. The van der Waals surface area contributed by atoms with Gasteiger partial charge in [-0.25, -0.2) is 0 Å². The minimum absolute atomic E-state index is 0.170. The fourth-order valence-corrected chi connectivity index (χ4v) is 1.16. The molecule has 84 valence electrons. The smallest absolute Gasteiger partial charge is 0.220 e. The second-order valence-electron chi connectivity index (χ2n) is 4.40. The Kier molecular flexibility index (Phi) is 7.48. The first-order valence-electron chi connectivity index (χ1n) is 5.54. The molecule has 1 unspecified atom stereocenters. The lowest BCUT2D eigenvalue weighted by Crippen LogP contribution is -2.26. The van der Waals surface area contributed by atoms with E-state index >= 15 is 0 Å². The summed E-state index contributed by atoms with van der Waals surface area (Å²) in [4.78, 5) is 11.2. The first-order valence-corrected chi connectivity index (χ1v) is 5.54. The van der Waals surface area contributed by atoms with E-state index < -0.39 is 0 Å². The van der Waals surface area contributed by atoms with Crippen molar-refractivity contribution in [3.05, 3.63) is 0 Å². The van der Waals surface area contributed by atoms with E-state index in [1.807, 2.05) is 6.92 Å². The van der Waals surface area contributed by atoms with Gasteiger partial charge in [0.05, 0.1) is 0 Å². The van der Waals surface area contributed by atoms with E-state index in [9.17, 15) is 4.79 Å². The molecule has 0 saturated carbocycles. The molecule has 3 N–H and O–H groups in total. The highest BCUT2D eigenvalue weighted by Crippen LogP contribution is 2.02. The van der Waals surface area contributed by atoms with Crippen LogP contribution in [-0.4, -0.2) is 18.5 Å². The summed E-state index contributed by atoms with van der Waals surface area (Å²) >= 11 is 0. The van der Waals surface area contributed by atoms with Gasteiger partial charge in [-0.1, -0.05) is 13.8 Å². The molecule has 0 aromatic rings. The summed E-state index contributed by atoms with van der Waals surface area (Å²) in [5.74, 6) is 0.771. The van der Waals surface area contributed by atoms with Crippen LogP contribution >= 0.6 is 0 Å². The summed E-state index contributed by atoms with van der Waals surface area (Å²) in [5, 5.41) is 2.90. The van der Waals surface area contributed by atoms with Crippen LogP contribution in [0.2, 0.25) is 0 Å². The maximum Gasteiger partial charge on any atom is 0.220 e. The molecular formula is C11H24N2O. The third-order valence-corrected chi connectivity index (χ3v) is 2.11. The van der Waals surface area contributed by atoms with Crippen LogP contribution in [0.15, 0.2) is 0 Å². The normalized spacial score (nSPS) is 12.9. The summed E-state index contributed by atoms with van der Waals surface area (Å²) < 4.78 is 0. The molecule has 0 aliphatic carbocycles. The molecule has 0 fully saturated rings. The maximum atomic E-state index is 11.2. The third-order valence-electron chi connectivity index (χ3n) is 2.11. The Labute approximate surface area is 87.4 Å². The molecule has 0 aromatic carbocycles. The summed E-state index contributed by atoms with van der Waals surface area (Å²) in [5.41, 5.74) is 5.59. The highest BCUT2D eigenvalue weighted by atomic mass is 16.1. The largest absolute Gasteiger partial charge is 0.356 e. The lowest BCUT2D eigenvalue weighted by molar-refractivity contribution is -0.121. The zero-order chi connectivity index (χ0) is 11.0. The molecule has 1 amide bonds. The van der Waals surface area contributed by atoms with Crippen LogP contribution in [0.5, 0.6) is 0 Å². The van der Waals surface area contributed by atoms with Crippen molar-refractivity contribution >= 4 is 5.91 Å². The topological polar surface area (TPSA) is 55.1 Å². The van der Waals surface area contributed by atoms with E-state index in [4.69, 9.17) is 5.73 Å². The quantitative estimate of drug-likeness (QED) is 0.614. The minimum Gasteiger partial charge on any atom is -0.356 e. The monoisotopic (exact) mass is 200 g/mol. The SMILES string of the molecule is CC(C)CCC(=O)NCCCC(C)N. The molecule has 0 radical (unpaired) electrons. The molecule has 0 spiro atoms. The average Bonchev–Trinajstić information content (AvgIpc) is 2.08. The molecule has 0 heterocycles. The summed E-state index contributed by atoms with van der Waals surface area (Å²) in [7, 11) is 0. The van der Waals surface area contributed by atoms with Gasteiger partial charge >= 0.3 is 0 Å². The molecule has 0 saturated heterocycles. The standard InChI is InChI=1S/C11H24N2O/c1-9(2)6-7-11(14)13-8-4-5-10(3)12/h9-10H,4-8,12H2,1-3H3,(H,13,14). The van der Waals surface area contributed by atoms with E-state index in [0.717, 1.165) is 25.8 Å². The molecule has 0 rings (SSSR count). The zero-order valence-electron chi connectivity index (χ0n) is 9.68. The van der Waals surface area contributed by atoms with E-state index in [2.05, 4.69) is 19.2 Å². The number of hydrogen-bond acceptors (Lipinski definition) is 2. The number of rotatable bonds is 7. The van der Waals surface area contributed by atoms with Gasteiger partial charge in [0.15, 0.2) is 0 Å². The summed E-state index contributed by atoms with van der Waals surface area (Å²) in [6, 6.07) is 0.238. The molecule has 14 heavy (non-hydrogen) atoms. The Morgan fingerprint density at radius 2 is 1.93 bits per heavy atom. The van der Waals surface area contributed by atoms with E-state index in [-0.39, 0.29) is 11.9 Å².